The second kappa shape index (κ2) is 17.1. The number of nitrogens with zero attached hydrogens (tertiary/aromatic N) is 5. The van der Waals surface area contributed by atoms with E-state index in [2.05, 4.69) is 56.6 Å². The average molecular weight is 637 g/mol. The molecule has 11 nitrogen and oxygen atoms in total. The van der Waals surface area contributed by atoms with Crippen molar-refractivity contribution in [3.05, 3.63) is 53.1 Å². The first-order valence-electron chi connectivity index (χ1n) is 16.8. The average Bonchev–Trinajstić information content (AvgIpc) is 3.88. The first-order valence-corrected chi connectivity index (χ1v) is 16.8. The fraction of sp³-hybridized carbons (Fsp3) is 0.600. The van der Waals surface area contributed by atoms with Crippen molar-refractivity contribution in [2.24, 2.45) is 5.73 Å². The van der Waals surface area contributed by atoms with Gasteiger partial charge in [0.1, 0.15) is 11.4 Å². The third-order valence-electron chi connectivity index (χ3n) is 7.98. The molecular weight excluding hydrogens is 580 g/mol. The quantitative estimate of drug-likeness (QED) is 0.324. The number of piperidine rings is 2. The summed E-state index contributed by atoms with van der Waals surface area (Å²) in [6.45, 7) is 12.9. The van der Waals surface area contributed by atoms with Crippen molar-refractivity contribution in [1.82, 2.24) is 25.1 Å². The van der Waals surface area contributed by atoms with Gasteiger partial charge < -0.3 is 35.8 Å². The zero-order valence-electron chi connectivity index (χ0n) is 29.3. The molecule has 0 atom stereocenters. The molecular formula is C35H56N8O3. The summed E-state index contributed by atoms with van der Waals surface area (Å²) < 4.78 is 5.50. The molecule has 3 heterocycles. The number of amides is 2. The summed E-state index contributed by atoms with van der Waals surface area (Å²) in [5.41, 5.74) is 8.79. The molecule has 2 amide bonds. The lowest BCUT2D eigenvalue weighted by atomic mass is 9.89. The number of carbonyl (C=O) groups is 2. The van der Waals surface area contributed by atoms with Crippen molar-refractivity contribution in [1.29, 1.82) is 0 Å². The monoisotopic (exact) mass is 636 g/mol. The summed E-state index contributed by atoms with van der Waals surface area (Å²) in [7, 11) is 6.11. The van der Waals surface area contributed by atoms with Gasteiger partial charge in [-0.05, 0) is 94.9 Å². The van der Waals surface area contributed by atoms with E-state index < -0.39 is 11.5 Å². The van der Waals surface area contributed by atoms with Gasteiger partial charge in [-0.2, -0.15) is 0 Å². The summed E-state index contributed by atoms with van der Waals surface area (Å²) in [5.74, 6) is 2.20. The minimum Gasteiger partial charge on any atom is -0.444 e. The van der Waals surface area contributed by atoms with Gasteiger partial charge >= 0.3 is 6.09 Å². The van der Waals surface area contributed by atoms with E-state index in [1.165, 1.54) is 30.6 Å². The Hall–Kier alpha value is -4.02. The molecule has 1 aliphatic carbocycles. The van der Waals surface area contributed by atoms with Gasteiger partial charge in [0.05, 0.1) is 12.0 Å². The lowest BCUT2D eigenvalue weighted by Gasteiger charge is -2.33. The van der Waals surface area contributed by atoms with Crippen LogP contribution in [0.15, 0.2) is 41.9 Å². The van der Waals surface area contributed by atoms with E-state index in [-0.39, 0.29) is 11.8 Å². The van der Waals surface area contributed by atoms with Crippen LogP contribution in [0.3, 0.4) is 0 Å². The number of primary amides is 1. The van der Waals surface area contributed by atoms with Crippen LogP contribution < -0.4 is 21.3 Å². The van der Waals surface area contributed by atoms with E-state index in [0.29, 0.717) is 24.8 Å². The van der Waals surface area contributed by atoms with Gasteiger partial charge in [-0.1, -0.05) is 26.0 Å². The molecule has 11 heteroatoms. The standard InChI is InChI=1S/C26H36N6O3.C7H14N2.C2H6/c1-26(2,3)35-25(34)32-15-11-19(12-16-32)18-7-9-20(10-8-18)29-24-22(23(27)33)28-17-21(30-24)31-13-5-4-6-14-31;1-8-7(9(2)3)6-4-5-6;1-2/h7-10,17,19H,4-6,11-16H2,1-3H3,(H2,27,33)(H,29,30);8H,4-5H2,1-3H3;1-2H3. The van der Waals surface area contributed by atoms with Crippen LogP contribution in [0.1, 0.15) is 102 Å². The topological polar surface area (TPSA) is 129 Å². The number of allylic oxidation sites excluding steroid dienone is 1. The molecule has 3 fully saturated rings. The van der Waals surface area contributed by atoms with Crippen molar-refractivity contribution >= 4 is 29.3 Å². The highest BCUT2D eigenvalue weighted by Gasteiger charge is 2.27. The van der Waals surface area contributed by atoms with E-state index in [0.717, 1.165) is 50.3 Å². The second-order valence-electron chi connectivity index (χ2n) is 12.9. The Labute approximate surface area is 276 Å². The van der Waals surface area contributed by atoms with Crippen molar-refractivity contribution in [3.8, 4) is 0 Å². The van der Waals surface area contributed by atoms with Crippen LogP contribution >= 0.6 is 0 Å². The molecule has 1 saturated carbocycles. The molecule has 3 aliphatic rings. The zero-order chi connectivity index (χ0) is 33.9. The predicted molar refractivity (Wildman–Crippen MR) is 186 cm³/mol. The molecule has 1 aromatic heterocycles. The third-order valence-corrected chi connectivity index (χ3v) is 7.98. The molecule has 46 heavy (non-hydrogen) atoms. The van der Waals surface area contributed by atoms with E-state index in [4.69, 9.17) is 10.5 Å². The van der Waals surface area contributed by atoms with Crippen LogP contribution in [0.5, 0.6) is 0 Å². The number of carbonyl (C=O) groups excluding carboxylic acids is 2. The maximum atomic E-state index is 12.3. The number of anilines is 3. The fourth-order valence-corrected chi connectivity index (χ4v) is 5.64. The fourth-order valence-electron chi connectivity index (χ4n) is 5.64. The van der Waals surface area contributed by atoms with Gasteiger partial charge in [-0.3, -0.25) is 4.79 Å². The van der Waals surface area contributed by atoms with Gasteiger partial charge in [-0.15, -0.1) is 0 Å². The molecule has 254 valence electrons. The summed E-state index contributed by atoms with van der Waals surface area (Å²) in [6, 6.07) is 8.13. The number of ether oxygens (including phenoxy) is 1. The van der Waals surface area contributed by atoms with Crippen LogP contribution in [0.25, 0.3) is 0 Å². The SMILES string of the molecule is CC.CC(C)(C)OC(=O)N1CCC(c2ccc(Nc3nc(N4CCCCC4)cnc3C(N)=O)cc2)CC1.CNC(=C1CC1)N(C)C. The minimum absolute atomic E-state index is 0.129. The van der Waals surface area contributed by atoms with Gasteiger partial charge in [0.2, 0.25) is 0 Å². The Kier molecular flexibility index (Phi) is 13.5. The Morgan fingerprint density at radius 3 is 2.07 bits per heavy atom. The van der Waals surface area contributed by atoms with Crippen molar-refractivity contribution in [2.45, 2.75) is 91.1 Å². The highest BCUT2D eigenvalue weighted by Crippen LogP contribution is 2.31. The number of rotatable bonds is 7. The summed E-state index contributed by atoms with van der Waals surface area (Å²) in [5, 5.41) is 6.41. The Morgan fingerprint density at radius 2 is 1.59 bits per heavy atom. The maximum absolute atomic E-state index is 12.3. The Balaban J connectivity index is 0.000000446. The smallest absolute Gasteiger partial charge is 0.410 e. The van der Waals surface area contributed by atoms with Gasteiger partial charge in [0.15, 0.2) is 11.5 Å². The van der Waals surface area contributed by atoms with Crippen molar-refractivity contribution < 1.29 is 14.3 Å². The highest BCUT2D eigenvalue weighted by molar-refractivity contribution is 5.96. The Morgan fingerprint density at radius 1 is 0.978 bits per heavy atom. The first-order chi connectivity index (χ1) is 21.9. The number of nitrogens with one attached hydrogen (secondary N) is 2. The highest BCUT2D eigenvalue weighted by atomic mass is 16.6. The number of nitrogens with two attached hydrogens (primary N) is 1. The molecule has 5 rings (SSSR count). The molecule has 2 aliphatic heterocycles. The van der Waals surface area contributed by atoms with E-state index >= 15 is 0 Å². The first kappa shape index (κ1) is 36.4. The maximum Gasteiger partial charge on any atom is 0.410 e. The van der Waals surface area contributed by atoms with E-state index in [1.807, 2.05) is 53.8 Å². The number of likely N-dealkylation sites (tertiary alicyclic amines) is 1. The van der Waals surface area contributed by atoms with E-state index in [9.17, 15) is 9.59 Å². The van der Waals surface area contributed by atoms with E-state index in [1.54, 1.807) is 16.7 Å². The molecule has 0 unspecified atom stereocenters. The van der Waals surface area contributed by atoms with Gasteiger partial charge in [0, 0.05) is 53.0 Å². The van der Waals surface area contributed by atoms with Crippen molar-refractivity contribution in [3.63, 3.8) is 0 Å². The number of hydrogen-bond donors (Lipinski definition) is 3. The van der Waals surface area contributed by atoms with Crippen LogP contribution in [0.2, 0.25) is 0 Å². The summed E-state index contributed by atoms with van der Waals surface area (Å²) in [4.78, 5) is 39.4. The molecule has 0 spiro atoms. The number of benzene rings is 1. The van der Waals surface area contributed by atoms with Gasteiger partial charge in [-0.25, -0.2) is 14.8 Å². The third kappa shape index (κ3) is 10.8. The van der Waals surface area contributed by atoms with Crippen LogP contribution in [-0.2, 0) is 4.74 Å². The van der Waals surface area contributed by atoms with Crippen molar-refractivity contribution in [2.75, 3.05) is 57.5 Å². The van der Waals surface area contributed by atoms with Crippen LogP contribution in [0.4, 0.5) is 22.1 Å². The molecule has 2 aromatic rings. The second-order valence-corrected chi connectivity index (χ2v) is 12.9. The zero-order valence-corrected chi connectivity index (χ0v) is 29.3. The molecule has 2 saturated heterocycles. The summed E-state index contributed by atoms with van der Waals surface area (Å²) >= 11 is 0. The normalized spacial score (nSPS) is 16.2. The minimum atomic E-state index is -0.612. The summed E-state index contributed by atoms with van der Waals surface area (Å²) in [6.07, 6.45) is 9.21. The molecule has 0 bridgehead atoms. The van der Waals surface area contributed by atoms with Gasteiger partial charge in [0.25, 0.3) is 5.91 Å². The predicted octanol–water partition coefficient (Wildman–Crippen LogP) is 6.22. The lowest BCUT2D eigenvalue weighted by Crippen LogP contribution is -2.41. The van der Waals surface area contributed by atoms with Crippen LogP contribution in [-0.4, -0.2) is 84.7 Å². The Bertz CT molecular complexity index is 1300. The number of hydrogen-bond acceptors (Lipinski definition) is 9. The molecule has 0 radical (unpaired) electrons. The lowest BCUT2D eigenvalue weighted by molar-refractivity contribution is 0.0204. The molecule has 4 N–H and O–H groups in total. The number of aromatic nitrogens is 2. The van der Waals surface area contributed by atoms with Crippen LogP contribution in [0, 0.1) is 0 Å². The largest absolute Gasteiger partial charge is 0.444 e. The molecule has 1 aromatic carbocycles.